The lowest BCUT2D eigenvalue weighted by molar-refractivity contribution is -0.153. The maximum absolute atomic E-state index is 12.3. The van der Waals surface area contributed by atoms with Crippen molar-refractivity contribution in [1.29, 1.82) is 0 Å². The monoisotopic (exact) mass is 321 g/mol. The predicted octanol–water partition coefficient (Wildman–Crippen LogP) is 2.48. The van der Waals surface area contributed by atoms with Crippen molar-refractivity contribution in [3.05, 3.63) is 23.8 Å². The van der Waals surface area contributed by atoms with Crippen molar-refractivity contribution >= 4 is 11.9 Å². The zero-order chi connectivity index (χ0) is 17.1. The molecular formula is C17H23NO5. The Morgan fingerprint density at radius 3 is 2.43 bits per heavy atom. The van der Waals surface area contributed by atoms with E-state index in [2.05, 4.69) is 0 Å². The molecule has 0 saturated carbocycles. The lowest BCUT2D eigenvalue weighted by Crippen LogP contribution is -2.48. The molecule has 6 heteroatoms. The molecule has 0 aliphatic carbocycles. The van der Waals surface area contributed by atoms with Crippen LogP contribution in [0, 0.1) is 5.92 Å². The van der Waals surface area contributed by atoms with E-state index in [0.29, 0.717) is 17.9 Å². The number of hydrogen-bond acceptors (Lipinski definition) is 4. The molecule has 126 valence electrons. The van der Waals surface area contributed by atoms with Gasteiger partial charge in [-0.15, -0.1) is 0 Å². The predicted molar refractivity (Wildman–Crippen MR) is 84.6 cm³/mol. The summed E-state index contributed by atoms with van der Waals surface area (Å²) in [6.45, 7) is 3.80. The minimum atomic E-state index is -0.886. The Balaban J connectivity index is 2.52. The smallest absolute Gasteiger partial charge is 0.308 e. The van der Waals surface area contributed by atoms with Crippen LogP contribution < -0.4 is 9.47 Å². The van der Waals surface area contributed by atoms with Crippen molar-refractivity contribution in [2.24, 2.45) is 5.92 Å². The molecule has 1 aliphatic heterocycles. The lowest BCUT2D eigenvalue weighted by atomic mass is 9.83. The van der Waals surface area contributed by atoms with Crippen molar-refractivity contribution < 1.29 is 24.2 Å². The Morgan fingerprint density at radius 2 is 1.91 bits per heavy atom. The highest BCUT2D eigenvalue weighted by atomic mass is 16.5. The van der Waals surface area contributed by atoms with E-state index in [-0.39, 0.29) is 18.4 Å². The van der Waals surface area contributed by atoms with E-state index in [1.807, 2.05) is 13.8 Å². The Morgan fingerprint density at radius 1 is 1.26 bits per heavy atom. The zero-order valence-electron chi connectivity index (χ0n) is 13.9. The van der Waals surface area contributed by atoms with E-state index >= 15 is 0 Å². The standard InChI is InChI=1S/C17H23NO5/c1-10(2)18-15(19)8-6-12(17(20)21)16(18)11-5-7-13(22-3)14(9-11)23-4/h5,7,9-10,12,16H,6,8H2,1-4H3,(H,20,21). The third-order valence-corrected chi connectivity index (χ3v) is 4.26. The fourth-order valence-corrected chi connectivity index (χ4v) is 3.21. The number of piperidine rings is 1. The van der Waals surface area contributed by atoms with Gasteiger partial charge in [0.1, 0.15) is 0 Å². The third-order valence-electron chi connectivity index (χ3n) is 4.26. The molecule has 1 saturated heterocycles. The first-order chi connectivity index (χ1) is 10.9. The number of likely N-dealkylation sites (tertiary alicyclic amines) is 1. The van der Waals surface area contributed by atoms with Crippen LogP contribution in [0.5, 0.6) is 11.5 Å². The van der Waals surface area contributed by atoms with Crippen molar-refractivity contribution in [2.45, 2.75) is 38.8 Å². The average molecular weight is 321 g/mol. The summed E-state index contributed by atoms with van der Waals surface area (Å²) in [7, 11) is 3.07. The van der Waals surface area contributed by atoms with Gasteiger partial charge in [-0.1, -0.05) is 6.07 Å². The van der Waals surface area contributed by atoms with E-state index in [1.165, 1.54) is 7.11 Å². The summed E-state index contributed by atoms with van der Waals surface area (Å²) >= 11 is 0. The van der Waals surface area contributed by atoms with Gasteiger partial charge in [-0.2, -0.15) is 0 Å². The second-order valence-corrected chi connectivity index (χ2v) is 5.94. The van der Waals surface area contributed by atoms with Crippen LogP contribution in [0.4, 0.5) is 0 Å². The van der Waals surface area contributed by atoms with Crippen molar-refractivity contribution in [3.63, 3.8) is 0 Å². The van der Waals surface area contributed by atoms with Crippen LogP contribution in [0.15, 0.2) is 18.2 Å². The van der Waals surface area contributed by atoms with Gasteiger partial charge in [0.2, 0.25) is 5.91 Å². The van der Waals surface area contributed by atoms with Crippen LogP contribution in [0.3, 0.4) is 0 Å². The molecular weight excluding hydrogens is 298 g/mol. The van der Waals surface area contributed by atoms with Crippen LogP contribution in [-0.4, -0.2) is 42.1 Å². The van der Waals surface area contributed by atoms with Gasteiger partial charge in [-0.05, 0) is 38.0 Å². The molecule has 23 heavy (non-hydrogen) atoms. The summed E-state index contributed by atoms with van der Waals surface area (Å²) in [5.74, 6) is -0.439. The van der Waals surface area contributed by atoms with Gasteiger partial charge in [0, 0.05) is 12.5 Å². The number of aliphatic carboxylic acids is 1. The number of hydrogen-bond donors (Lipinski definition) is 1. The quantitative estimate of drug-likeness (QED) is 0.901. The Hall–Kier alpha value is -2.24. The molecule has 0 bridgehead atoms. The normalized spacial score (nSPS) is 21.4. The first-order valence-corrected chi connectivity index (χ1v) is 7.66. The van der Waals surface area contributed by atoms with Gasteiger partial charge >= 0.3 is 5.97 Å². The number of carbonyl (C=O) groups excluding carboxylic acids is 1. The highest BCUT2D eigenvalue weighted by Gasteiger charge is 2.42. The summed E-state index contributed by atoms with van der Waals surface area (Å²) in [5, 5.41) is 9.59. The number of carboxylic acids is 1. The molecule has 2 unspecified atom stereocenters. The molecule has 1 aromatic carbocycles. The molecule has 0 spiro atoms. The zero-order valence-corrected chi connectivity index (χ0v) is 13.9. The SMILES string of the molecule is COc1ccc(C2C(C(=O)O)CCC(=O)N2C(C)C)cc1OC. The van der Waals surface area contributed by atoms with E-state index in [1.54, 1.807) is 30.2 Å². The molecule has 1 aliphatic rings. The van der Waals surface area contributed by atoms with E-state index in [0.717, 1.165) is 5.56 Å². The average Bonchev–Trinajstić information content (AvgIpc) is 2.53. The summed E-state index contributed by atoms with van der Waals surface area (Å²) < 4.78 is 10.5. The number of amides is 1. The van der Waals surface area contributed by atoms with E-state index in [9.17, 15) is 14.7 Å². The number of benzene rings is 1. The maximum Gasteiger partial charge on any atom is 0.308 e. The summed E-state index contributed by atoms with van der Waals surface area (Å²) in [4.78, 5) is 25.7. The summed E-state index contributed by atoms with van der Waals surface area (Å²) in [6, 6.07) is 4.71. The van der Waals surface area contributed by atoms with Crippen LogP contribution in [-0.2, 0) is 9.59 Å². The molecule has 1 aromatic rings. The van der Waals surface area contributed by atoms with Crippen LogP contribution in [0.2, 0.25) is 0 Å². The van der Waals surface area contributed by atoms with Crippen molar-refractivity contribution in [3.8, 4) is 11.5 Å². The Bertz CT molecular complexity index is 599. The minimum absolute atomic E-state index is 0.0164. The summed E-state index contributed by atoms with van der Waals surface area (Å²) in [5.41, 5.74) is 0.747. The number of carboxylic acid groups (broad SMARTS) is 1. The first-order valence-electron chi connectivity index (χ1n) is 7.66. The van der Waals surface area contributed by atoms with Gasteiger partial charge in [0.15, 0.2) is 11.5 Å². The number of ether oxygens (including phenoxy) is 2. The molecule has 0 radical (unpaired) electrons. The summed E-state index contributed by atoms with van der Waals surface area (Å²) in [6.07, 6.45) is 0.606. The van der Waals surface area contributed by atoms with Gasteiger partial charge in [0.05, 0.1) is 26.2 Å². The number of carbonyl (C=O) groups is 2. The third kappa shape index (κ3) is 3.25. The lowest BCUT2D eigenvalue weighted by Gasteiger charge is -2.42. The van der Waals surface area contributed by atoms with Crippen molar-refractivity contribution in [2.75, 3.05) is 14.2 Å². The number of nitrogens with zero attached hydrogens (tertiary/aromatic N) is 1. The fourth-order valence-electron chi connectivity index (χ4n) is 3.21. The Labute approximate surface area is 136 Å². The molecule has 1 fully saturated rings. The molecule has 1 N–H and O–H groups in total. The number of methoxy groups -OCH3 is 2. The minimum Gasteiger partial charge on any atom is -0.493 e. The van der Waals surface area contributed by atoms with Gasteiger partial charge in [-0.25, -0.2) is 0 Å². The van der Waals surface area contributed by atoms with Gasteiger partial charge in [0.25, 0.3) is 0 Å². The molecule has 0 aromatic heterocycles. The van der Waals surface area contributed by atoms with E-state index < -0.39 is 17.9 Å². The molecule has 2 rings (SSSR count). The largest absolute Gasteiger partial charge is 0.493 e. The molecule has 2 atom stereocenters. The molecule has 6 nitrogen and oxygen atoms in total. The Kier molecular flexibility index (Phi) is 5.13. The molecule has 1 heterocycles. The first kappa shape index (κ1) is 17.1. The van der Waals surface area contributed by atoms with Crippen LogP contribution in [0.1, 0.15) is 38.3 Å². The van der Waals surface area contributed by atoms with Gasteiger partial charge < -0.3 is 19.5 Å². The maximum atomic E-state index is 12.3. The fraction of sp³-hybridized carbons (Fsp3) is 0.529. The van der Waals surface area contributed by atoms with Crippen LogP contribution >= 0.6 is 0 Å². The topological polar surface area (TPSA) is 76.1 Å². The highest BCUT2D eigenvalue weighted by Crippen LogP contribution is 2.41. The number of rotatable bonds is 5. The van der Waals surface area contributed by atoms with Crippen LogP contribution in [0.25, 0.3) is 0 Å². The highest BCUT2D eigenvalue weighted by molar-refractivity contribution is 5.82. The molecule has 1 amide bonds. The van der Waals surface area contributed by atoms with Crippen molar-refractivity contribution in [1.82, 2.24) is 4.90 Å². The van der Waals surface area contributed by atoms with E-state index in [4.69, 9.17) is 9.47 Å². The second kappa shape index (κ2) is 6.89. The second-order valence-electron chi connectivity index (χ2n) is 5.94. The van der Waals surface area contributed by atoms with Gasteiger partial charge in [-0.3, -0.25) is 9.59 Å².